The van der Waals surface area contributed by atoms with Gasteiger partial charge < -0.3 is 4.43 Å². The lowest BCUT2D eigenvalue weighted by molar-refractivity contribution is -0.268. The molecule has 1 aliphatic carbocycles. The molecule has 1 aliphatic rings. The van der Waals surface area contributed by atoms with Gasteiger partial charge in [0.2, 0.25) is 0 Å². The van der Waals surface area contributed by atoms with Crippen LogP contribution in [-0.2, 0) is 18.7 Å². The third kappa shape index (κ3) is 5.22. The minimum atomic E-state index is -4.54. The monoisotopic (exact) mass is 348 g/mol. The first kappa shape index (κ1) is 18.9. The van der Waals surface area contributed by atoms with Crippen LogP contribution in [0.4, 0.5) is 13.2 Å². The van der Waals surface area contributed by atoms with Gasteiger partial charge in [-0.15, -0.1) is 0 Å². The Morgan fingerprint density at radius 3 is 2.29 bits per heavy atom. The van der Waals surface area contributed by atoms with Crippen molar-refractivity contribution in [3.63, 3.8) is 0 Å². The van der Waals surface area contributed by atoms with E-state index in [1.165, 1.54) is 6.92 Å². The Balaban J connectivity index is 2.99. The SMILES string of the molecule is CCS(=O)(=O)OC1CCCC(O[Si](C)(C)C)(C(F)(F)F)C1. The molecule has 0 amide bonds. The van der Waals surface area contributed by atoms with Crippen molar-refractivity contribution in [3.05, 3.63) is 0 Å². The summed E-state index contributed by atoms with van der Waals surface area (Å²) in [5, 5.41) is 0. The van der Waals surface area contributed by atoms with E-state index in [1.807, 2.05) is 0 Å². The predicted molar refractivity (Wildman–Crippen MR) is 76.0 cm³/mol. The number of rotatable bonds is 5. The zero-order valence-electron chi connectivity index (χ0n) is 12.8. The average molecular weight is 348 g/mol. The van der Waals surface area contributed by atoms with Gasteiger partial charge in [-0.05, 0) is 45.8 Å². The van der Waals surface area contributed by atoms with Crippen molar-refractivity contribution in [2.24, 2.45) is 0 Å². The molecule has 4 nitrogen and oxygen atoms in total. The zero-order valence-corrected chi connectivity index (χ0v) is 14.6. The Labute approximate surface area is 125 Å². The Kier molecular flexibility index (Phi) is 5.56. The van der Waals surface area contributed by atoms with Gasteiger partial charge in [0.1, 0.15) is 0 Å². The van der Waals surface area contributed by atoms with Crippen molar-refractivity contribution in [1.82, 2.24) is 0 Å². The van der Waals surface area contributed by atoms with E-state index >= 15 is 0 Å². The number of hydrogen-bond acceptors (Lipinski definition) is 4. The highest BCUT2D eigenvalue weighted by atomic mass is 32.2. The summed E-state index contributed by atoms with van der Waals surface area (Å²) in [4.78, 5) is 0. The van der Waals surface area contributed by atoms with Crippen LogP contribution >= 0.6 is 0 Å². The third-order valence-corrected chi connectivity index (χ3v) is 5.59. The third-order valence-electron chi connectivity index (χ3n) is 3.32. The summed E-state index contributed by atoms with van der Waals surface area (Å²) in [6.45, 7) is 6.46. The topological polar surface area (TPSA) is 52.6 Å². The maximum absolute atomic E-state index is 13.5. The van der Waals surface area contributed by atoms with Gasteiger partial charge in [-0.2, -0.15) is 21.6 Å². The van der Waals surface area contributed by atoms with Crippen LogP contribution in [0.1, 0.15) is 32.6 Å². The van der Waals surface area contributed by atoms with Gasteiger partial charge in [0.25, 0.3) is 10.1 Å². The van der Waals surface area contributed by atoms with Gasteiger partial charge >= 0.3 is 6.18 Å². The van der Waals surface area contributed by atoms with E-state index < -0.39 is 42.7 Å². The molecule has 21 heavy (non-hydrogen) atoms. The smallest absolute Gasteiger partial charge is 0.404 e. The molecule has 0 aromatic rings. The van der Waals surface area contributed by atoms with Crippen molar-refractivity contribution >= 4 is 18.4 Å². The molecule has 1 fully saturated rings. The van der Waals surface area contributed by atoms with Gasteiger partial charge in [0, 0.05) is 6.42 Å². The number of alkyl halides is 3. The van der Waals surface area contributed by atoms with E-state index in [0.29, 0.717) is 6.42 Å². The average Bonchev–Trinajstić information content (AvgIpc) is 2.25. The van der Waals surface area contributed by atoms with Gasteiger partial charge in [0.15, 0.2) is 13.9 Å². The minimum absolute atomic E-state index is 0.146. The van der Waals surface area contributed by atoms with Crippen molar-refractivity contribution < 1.29 is 30.2 Å². The normalized spacial score (nSPS) is 28.6. The van der Waals surface area contributed by atoms with Crippen LogP contribution in [0.5, 0.6) is 0 Å². The standard InChI is InChI=1S/C12H23F3O4SSi/c1-5-20(16,17)18-10-7-6-8-11(9-10,12(13,14)15)19-21(2,3)4/h10H,5-9H2,1-4H3. The maximum Gasteiger partial charge on any atom is 0.416 e. The highest BCUT2D eigenvalue weighted by Gasteiger charge is 2.59. The van der Waals surface area contributed by atoms with Gasteiger partial charge in [-0.1, -0.05) is 0 Å². The summed E-state index contributed by atoms with van der Waals surface area (Å²) in [6, 6.07) is 0. The summed E-state index contributed by atoms with van der Waals surface area (Å²) in [6.07, 6.45) is -5.58. The lowest BCUT2D eigenvalue weighted by Crippen LogP contribution is -2.56. The highest BCUT2D eigenvalue weighted by molar-refractivity contribution is 7.86. The molecule has 0 radical (unpaired) electrons. The summed E-state index contributed by atoms with van der Waals surface area (Å²) in [5.41, 5.74) is -2.29. The molecule has 0 aliphatic heterocycles. The largest absolute Gasteiger partial charge is 0.416 e. The van der Waals surface area contributed by atoms with E-state index in [-0.39, 0.29) is 18.6 Å². The summed E-state index contributed by atoms with van der Waals surface area (Å²) < 4.78 is 73.8. The first-order valence-corrected chi connectivity index (χ1v) is 12.0. The number of halogens is 3. The zero-order chi connectivity index (χ0) is 16.5. The molecular formula is C12H23F3O4SSi. The predicted octanol–water partition coefficient (Wildman–Crippen LogP) is 3.45. The molecule has 0 bridgehead atoms. The second-order valence-electron chi connectivity index (χ2n) is 6.37. The first-order chi connectivity index (χ1) is 9.30. The van der Waals surface area contributed by atoms with Crippen LogP contribution in [0.3, 0.4) is 0 Å². The highest BCUT2D eigenvalue weighted by Crippen LogP contribution is 2.46. The molecule has 0 saturated heterocycles. The quantitative estimate of drug-likeness (QED) is 0.564. The van der Waals surface area contributed by atoms with Crippen molar-refractivity contribution in [2.45, 2.75) is 70.1 Å². The van der Waals surface area contributed by atoms with E-state index in [9.17, 15) is 21.6 Å². The fourth-order valence-electron chi connectivity index (χ4n) is 2.54. The fraction of sp³-hybridized carbons (Fsp3) is 1.00. The molecule has 0 N–H and O–H groups in total. The lowest BCUT2D eigenvalue weighted by Gasteiger charge is -2.44. The molecule has 1 rings (SSSR count). The Hall–Kier alpha value is -0.123. The van der Waals surface area contributed by atoms with Gasteiger partial charge in [-0.25, -0.2) is 0 Å². The molecule has 9 heteroatoms. The maximum atomic E-state index is 13.5. The van der Waals surface area contributed by atoms with E-state index in [0.717, 1.165) is 0 Å². The van der Waals surface area contributed by atoms with Crippen LogP contribution in [0, 0.1) is 0 Å². The lowest BCUT2D eigenvalue weighted by atomic mass is 9.82. The molecule has 0 heterocycles. The van der Waals surface area contributed by atoms with Gasteiger partial charge in [0.05, 0.1) is 11.9 Å². The summed E-state index contributed by atoms with van der Waals surface area (Å²) >= 11 is 0. The minimum Gasteiger partial charge on any atom is -0.404 e. The van der Waals surface area contributed by atoms with Crippen molar-refractivity contribution in [3.8, 4) is 0 Å². The second kappa shape index (κ2) is 6.17. The molecular weight excluding hydrogens is 325 g/mol. The molecule has 0 spiro atoms. The summed E-state index contributed by atoms with van der Waals surface area (Å²) in [5.74, 6) is -0.253. The molecule has 0 aromatic heterocycles. The second-order valence-corrected chi connectivity index (χ2v) is 12.7. The van der Waals surface area contributed by atoms with E-state index in [1.54, 1.807) is 19.6 Å². The van der Waals surface area contributed by atoms with Crippen LogP contribution in [0.2, 0.25) is 19.6 Å². The number of hydrogen-bond donors (Lipinski definition) is 0. The van der Waals surface area contributed by atoms with E-state index in [4.69, 9.17) is 8.61 Å². The molecule has 2 atom stereocenters. The van der Waals surface area contributed by atoms with Crippen LogP contribution in [-0.4, -0.2) is 40.4 Å². The Bertz CT molecular complexity index is 458. The van der Waals surface area contributed by atoms with E-state index in [2.05, 4.69) is 0 Å². The molecule has 2 unspecified atom stereocenters. The fourth-order valence-corrected chi connectivity index (χ4v) is 4.73. The molecule has 1 saturated carbocycles. The Morgan fingerprint density at radius 1 is 1.29 bits per heavy atom. The summed E-state index contributed by atoms with van der Waals surface area (Å²) in [7, 11) is -6.22. The van der Waals surface area contributed by atoms with Crippen molar-refractivity contribution in [1.29, 1.82) is 0 Å². The molecule has 0 aromatic carbocycles. The van der Waals surface area contributed by atoms with Crippen molar-refractivity contribution in [2.75, 3.05) is 5.75 Å². The van der Waals surface area contributed by atoms with Crippen LogP contribution in [0.25, 0.3) is 0 Å². The Morgan fingerprint density at radius 2 is 1.86 bits per heavy atom. The molecule has 126 valence electrons. The van der Waals surface area contributed by atoms with Crippen LogP contribution < -0.4 is 0 Å². The van der Waals surface area contributed by atoms with Gasteiger partial charge in [-0.3, -0.25) is 4.18 Å². The first-order valence-electron chi connectivity index (χ1n) is 6.98. The van der Waals surface area contributed by atoms with Crippen LogP contribution in [0.15, 0.2) is 0 Å².